The first-order valence-electron chi connectivity index (χ1n) is 4.95. The average molecular weight is 229 g/mol. The fraction of sp³-hybridized carbons (Fsp3) is 0.500. The van der Waals surface area contributed by atoms with Crippen LogP contribution in [0.15, 0.2) is 18.2 Å². The highest BCUT2D eigenvalue weighted by Gasteiger charge is 2.28. The van der Waals surface area contributed by atoms with Gasteiger partial charge in [0.2, 0.25) is 0 Å². The quantitative estimate of drug-likeness (QED) is 0.727. The first-order chi connectivity index (χ1) is 7.12. The van der Waals surface area contributed by atoms with Crippen LogP contribution in [0, 0.1) is 6.92 Å². The molecule has 15 heavy (non-hydrogen) atoms. The third-order valence-corrected chi connectivity index (χ3v) is 3.76. The number of aryl methyl sites for hydroxylation is 1. The van der Waals surface area contributed by atoms with Crippen molar-refractivity contribution in [3.8, 4) is 0 Å². The molecule has 1 aromatic heterocycles. The molecule has 0 unspecified atom stereocenters. The maximum absolute atomic E-state index is 12.3. The molecule has 1 aromatic rings. The molecule has 0 spiro atoms. The molecule has 0 bridgehead atoms. The third kappa shape index (κ3) is 3.13. The van der Waals surface area contributed by atoms with E-state index < -0.39 is 7.60 Å². The van der Waals surface area contributed by atoms with Crippen molar-refractivity contribution in [1.29, 1.82) is 0 Å². The van der Waals surface area contributed by atoms with Crippen LogP contribution in [0.5, 0.6) is 0 Å². The second-order valence-electron chi connectivity index (χ2n) is 2.97. The van der Waals surface area contributed by atoms with Crippen molar-refractivity contribution in [3.63, 3.8) is 0 Å². The van der Waals surface area contributed by atoms with E-state index in [4.69, 9.17) is 9.05 Å². The summed E-state index contributed by atoms with van der Waals surface area (Å²) in [4.78, 5) is 4.17. The molecule has 0 radical (unpaired) electrons. The average Bonchev–Trinajstić information content (AvgIpc) is 2.18. The fourth-order valence-corrected chi connectivity index (χ4v) is 2.76. The number of pyridine rings is 1. The van der Waals surface area contributed by atoms with Crippen molar-refractivity contribution in [2.45, 2.75) is 20.8 Å². The molecular formula is C10H16NO3P. The van der Waals surface area contributed by atoms with E-state index in [0.29, 0.717) is 18.6 Å². The van der Waals surface area contributed by atoms with E-state index in [1.165, 1.54) is 0 Å². The highest BCUT2D eigenvalue weighted by atomic mass is 31.2. The van der Waals surface area contributed by atoms with Crippen LogP contribution in [0.25, 0.3) is 0 Å². The zero-order valence-electron chi connectivity index (χ0n) is 9.27. The number of hydrogen-bond acceptors (Lipinski definition) is 4. The second kappa shape index (κ2) is 5.40. The zero-order valence-corrected chi connectivity index (χ0v) is 10.2. The van der Waals surface area contributed by atoms with Crippen LogP contribution in [-0.4, -0.2) is 18.2 Å². The summed E-state index contributed by atoms with van der Waals surface area (Å²) in [6.45, 7) is 6.08. The molecule has 84 valence electrons. The Kier molecular flexibility index (Phi) is 4.45. The minimum absolute atomic E-state index is 0.340. The Morgan fingerprint density at radius 2 is 1.87 bits per heavy atom. The molecule has 0 aliphatic carbocycles. The zero-order chi connectivity index (χ0) is 11.3. The molecule has 0 N–H and O–H groups in total. The van der Waals surface area contributed by atoms with Gasteiger partial charge in [0.15, 0.2) is 5.44 Å². The Bertz CT molecular complexity index is 357. The standard InChI is InChI=1S/C10H16NO3P/c1-4-13-15(12,14-5-2)10-8-6-7-9(3)11-10/h6-8H,4-5H2,1-3H3. The van der Waals surface area contributed by atoms with E-state index in [9.17, 15) is 4.57 Å². The first kappa shape index (κ1) is 12.4. The topological polar surface area (TPSA) is 48.4 Å². The van der Waals surface area contributed by atoms with Crippen molar-refractivity contribution in [2.24, 2.45) is 0 Å². The summed E-state index contributed by atoms with van der Waals surface area (Å²) < 4.78 is 22.6. The van der Waals surface area contributed by atoms with Crippen molar-refractivity contribution in [2.75, 3.05) is 13.2 Å². The molecule has 0 aliphatic heterocycles. The van der Waals surface area contributed by atoms with Gasteiger partial charge in [0.1, 0.15) is 0 Å². The summed E-state index contributed by atoms with van der Waals surface area (Å²) in [5.74, 6) is 0. The number of rotatable bonds is 5. The van der Waals surface area contributed by atoms with Crippen LogP contribution in [0.1, 0.15) is 19.5 Å². The highest BCUT2D eigenvalue weighted by Crippen LogP contribution is 2.45. The molecule has 0 saturated heterocycles. The second-order valence-corrected chi connectivity index (χ2v) is 4.94. The number of hydrogen-bond donors (Lipinski definition) is 0. The fourth-order valence-electron chi connectivity index (χ4n) is 1.19. The predicted octanol–water partition coefficient (Wildman–Crippen LogP) is 2.28. The summed E-state index contributed by atoms with van der Waals surface area (Å²) in [5, 5.41) is 0. The Morgan fingerprint density at radius 1 is 1.27 bits per heavy atom. The summed E-state index contributed by atoms with van der Waals surface area (Å²) >= 11 is 0. The Balaban J connectivity index is 3.03. The molecule has 0 fully saturated rings. The van der Waals surface area contributed by atoms with E-state index in [2.05, 4.69) is 4.98 Å². The van der Waals surface area contributed by atoms with Crippen molar-refractivity contribution < 1.29 is 13.6 Å². The van der Waals surface area contributed by atoms with Crippen LogP contribution >= 0.6 is 7.60 Å². The van der Waals surface area contributed by atoms with Crippen LogP contribution in [0.2, 0.25) is 0 Å². The van der Waals surface area contributed by atoms with Gasteiger partial charge >= 0.3 is 7.60 Å². The molecule has 0 aromatic carbocycles. The molecule has 0 atom stereocenters. The number of aromatic nitrogens is 1. The molecule has 0 amide bonds. The Labute approximate surface area is 90.2 Å². The SMILES string of the molecule is CCOP(=O)(OCC)c1cccc(C)n1. The van der Waals surface area contributed by atoms with Gasteiger partial charge in [-0.05, 0) is 32.9 Å². The minimum atomic E-state index is -3.21. The number of nitrogens with zero attached hydrogens (tertiary/aromatic N) is 1. The highest BCUT2D eigenvalue weighted by molar-refractivity contribution is 7.61. The summed E-state index contributed by atoms with van der Waals surface area (Å²) in [5.41, 5.74) is 1.18. The maximum Gasteiger partial charge on any atom is 0.379 e. The molecule has 4 nitrogen and oxygen atoms in total. The van der Waals surface area contributed by atoms with Gasteiger partial charge in [0.25, 0.3) is 0 Å². The van der Waals surface area contributed by atoms with Crippen molar-refractivity contribution in [1.82, 2.24) is 4.98 Å². The first-order valence-corrected chi connectivity index (χ1v) is 6.50. The summed E-state index contributed by atoms with van der Waals surface area (Å²) in [6, 6.07) is 5.30. The van der Waals surface area contributed by atoms with Gasteiger partial charge in [-0.25, -0.2) is 4.98 Å². The van der Waals surface area contributed by atoms with Crippen LogP contribution in [0.4, 0.5) is 0 Å². The van der Waals surface area contributed by atoms with E-state index in [1.54, 1.807) is 26.0 Å². The third-order valence-electron chi connectivity index (χ3n) is 1.75. The van der Waals surface area contributed by atoms with Crippen molar-refractivity contribution >= 4 is 13.0 Å². The molecule has 1 heterocycles. The predicted molar refractivity (Wildman–Crippen MR) is 59.5 cm³/mol. The van der Waals surface area contributed by atoms with Gasteiger partial charge in [0.05, 0.1) is 13.2 Å². The molecular weight excluding hydrogens is 213 g/mol. The molecule has 0 saturated carbocycles. The smallest absolute Gasteiger partial charge is 0.304 e. The van der Waals surface area contributed by atoms with Crippen molar-refractivity contribution in [3.05, 3.63) is 23.9 Å². The van der Waals surface area contributed by atoms with Gasteiger partial charge in [-0.2, -0.15) is 0 Å². The summed E-state index contributed by atoms with van der Waals surface area (Å²) in [7, 11) is -3.21. The van der Waals surface area contributed by atoms with E-state index in [1.807, 2.05) is 13.0 Å². The largest absolute Gasteiger partial charge is 0.379 e. The molecule has 0 aliphatic rings. The van der Waals surface area contributed by atoms with Crippen LogP contribution in [0.3, 0.4) is 0 Å². The van der Waals surface area contributed by atoms with E-state index in [-0.39, 0.29) is 0 Å². The molecule has 1 rings (SSSR count). The maximum atomic E-state index is 12.3. The monoisotopic (exact) mass is 229 g/mol. The van der Waals surface area contributed by atoms with Crippen LogP contribution in [-0.2, 0) is 13.6 Å². The van der Waals surface area contributed by atoms with Gasteiger partial charge in [0, 0.05) is 5.69 Å². The minimum Gasteiger partial charge on any atom is -0.304 e. The van der Waals surface area contributed by atoms with Gasteiger partial charge in [-0.15, -0.1) is 0 Å². The van der Waals surface area contributed by atoms with E-state index in [0.717, 1.165) is 5.69 Å². The lowest BCUT2D eigenvalue weighted by molar-refractivity contribution is 0.229. The Hall–Kier alpha value is -0.700. The van der Waals surface area contributed by atoms with E-state index >= 15 is 0 Å². The van der Waals surface area contributed by atoms with Gasteiger partial charge in [-0.3, -0.25) is 4.57 Å². The lowest BCUT2D eigenvalue weighted by atomic mass is 10.4. The van der Waals surface area contributed by atoms with Gasteiger partial charge < -0.3 is 9.05 Å². The van der Waals surface area contributed by atoms with Crippen LogP contribution < -0.4 is 5.44 Å². The Morgan fingerprint density at radius 3 is 2.33 bits per heavy atom. The lowest BCUT2D eigenvalue weighted by Gasteiger charge is -2.16. The lowest BCUT2D eigenvalue weighted by Crippen LogP contribution is -2.14. The molecule has 5 heteroatoms. The van der Waals surface area contributed by atoms with Gasteiger partial charge in [-0.1, -0.05) is 6.07 Å². The summed E-state index contributed by atoms with van der Waals surface area (Å²) in [6.07, 6.45) is 0. The normalized spacial score (nSPS) is 11.7.